The van der Waals surface area contributed by atoms with E-state index in [1.54, 1.807) is 18.4 Å². The molecule has 0 aliphatic heterocycles. The van der Waals surface area contributed by atoms with Gasteiger partial charge in [-0.15, -0.1) is 22.7 Å². The Morgan fingerprint density at radius 3 is 2.55 bits per heavy atom. The van der Waals surface area contributed by atoms with Gasteiger partial charge in [-0.2, -0.15) is 0 Å². The largest absolute Gasteiger partial charge is 0.496 e. The molecule has 0 atom stereocenters. The standard InChI is InChI=1S/C25H22N2O4S2/c1-30-19-11-6-5-10-18(19)15-26-22(28)16-31-23(29)14-21-24(20-12-7-13-32-20)27-25(33-21)17-8-3-2-4-9-17/h2-13H,14-16H2,1H3,(H,26,28). The third kappa shape index (κ3) is 5.85. The molecule has 2 aromatic carbocycles. The first kappa shape index (κ1) is 22.7. The predicted molar refractivity (Wildman–Crippen MR) is 130 cm³/mol. The zero-order valence-electron chi connectivity index (χ0n) is 17.9. The average molecular weight is 479 g/mol. The van der Waals surface area contributed by atoms with Gasteiger partial charge in [-0.05, 0) is 17.5 Å². The lowest BCUT2D eigenvalue weighted by Gasteiger charge is -2.10. The van der Waals surface area contributed by atoms with E-state index in [1.165, 1.54) is 11.3 Å². The molecule has 2 aromatic heterocycles. The topological polar surface area (TPSA) is 77.5 Å². The second-order valence-corrected chi connectivity index (χ2v) is 9.09. The number of para-hydroxylation sites is 1. The highest BCUT2D eigenvalue weighted by atomic mass is 32.1. The van der Waals surface area contributed by atoms with E-state index < -0.39 is 5.97 Å². The van der Waals surface area contributed by atoms with Gasteiger partial charge < -0.3 is 14.8 Å². The molecule has 0 fully saturated rings. The van der Waals surface area contributed by atoms with E-state index in [0.717, 1.165) is 31.6 Å². The monoisotopic (exact) mass is 478 g/mol. The molecule has 2 heterocycles. The molecule has 0 aliphatic carbocycles. The fourth-order valence-corrected chi connectivity index (χ4v) is 5.08. The van der Waals surface area contributed by atoms with E-state index in [2.05, 4.69) is 5.32 Å². The summed E-state index contributed by atoms with van der Waals surface area (Å²) in [4.78, 5) is 31.3. The molecule has 0 spiro atoms. The van der Waals surface area contributed by atoms with Gasteiger partial charge in [-0.1, -0.05) is 54.6 Å². The maximum atomic E-state index is 12.5. The number of nitrogens with zero attached hydrogens (tertiary/aromatic N) is 1. The van der Waals surface area contributed by atoms with Crippen molar-refractivity contribution in [2.45, 2.75) is 13.0 Å². The minimum atomic E-state index is -0.469. The second kappa shape index (κ2) is 10.9. The van der Waals surface area contributed by atoms with Crippen molar-refractivity contribution in [1.82, 2.24) is 10.3 Å². The number of thiazole rings is 1. The third-order valence-electron chi connectivity index (χ3n) is 4.81. The summed E-state index contributed by atoms with van der Waals surface area (Å²) in [6.45, 7) is -0.0507. The van der Waals surface area contributed by atoms with Gasteiger partial charge in [0.15, 0.2) is 6.61 Å². The summed E-state index contributed by atoms with van der Waals surface area (Å²) in [5.41, 5.74) is 2.63. The van der Waals surface area contributed by atoms with Crippen molar-refractivity contribution in [1.29, 1.82) is 0 Å². The molecule has 0 bridgehead atoms. The summed E-state index contributed by atoms with van der Waals surface area (Å²) < 4.78 is 10.5. The fourth-order valence-electron chi connectivity index (χ4n) is 3.20. The highest BCUT2D eigenvalue weighted by Crippen LogP contribution is 2.36. The van der Waals surface area contributed by atoms with Crippen molar-refractivity contribution in [2.75, 3.05) is 13.7 Å². The van der Waals surface area contributed by atoms with Crippen molar-refractivity contribution in [3.8, 4) is 26.9 Å². The second-order valence-electron chi connectivity index (χ2n) is 7.06. The van der Waals surface area contributed by atoms with Crippen LogP contribution >= 0.6 is 22.7 Å². The summed E-state index contributed by atoms with van der Waals surface area (Å²) in [7, 11) is 1.58. The van der Waals surface area contributed by atoms with Gasteiger partial charge >= 0.3 is 5.97 Å². The van der Waals surface area contributed by atoms with Crippen molar-refractivity contribution < 1.29 is 19.1 Å². The number of rotatable bonds is 9. The Morgan fingerprint density at radius 2 is 1.79 bits per heavy atom. The Bertz CT molecular complexity index is 1220. The Balaban J connectivity index is 1.38. The molecule has 0 unspecified atom stereocenters. The molecule has 0 saturated heterocycles. The minimum Gasteiger partial charge on any atom is -0.496 e. The lowest BCUT2D eigenvalue weighted by atomic mass is 10.2. The van der Waals surface area contributed by atoms with Crippen LogP contribution in [0.4, 0.5) is 0 Å². The number of ether oxygens (including phenoxy) is 2. The van der Waals surface area contributed by atoms with E-state index in [1.807, 2.05) is 72.1 Å². The number of thiophene rings is 1. The molecule has 0 saturated carbocycles. The van der Waals surface area contributed by atoms with E-state index in [0.29, 0.717) is 5.75 Å². The number of hydrogen-bond acceptors (Lipinski definition) is 7. The fraction of sp³-hybridized carbons (Fsp3) is 0.160. The molecular weight excluding hydrogens is 456 g/mol. The van der Waals surface area contributed by atoms with Crippen LogP contribution in [-0.2, 0) is 27.3 Å². The molecule has 0 aliphatic rings. The van der Waals surface area contributed by atoms with Crippen LogP contribution in [0.5, 0.6) is 5.75 Å². The first-order valence-corrected chi connectivity index (χ1v) is 12.0. The van der Waals surface area contributed by atoms with Crippen LogP contribution in [0.1, 0.15) is 10.4 Å². The third-order valence-corrected chi connectivity index (χ3v) is 6.79. The maximum absolute atomic E-state index is 12.5. The van der Waals surface area contributed by atoms with Gasteiger partial charge in [0.1, 0.15) is 10.8 Å². The summed E-state index contributed by atoms with van der Waals surface area (Å²) in [6, 6.07) is 21.2. The lowest BCUT2D eigenvalue weighted by Crippen LogP contribution is -2.28. The first-order valence-electron chi connectivity index (χ1n) is 10.3. The molecule has 4 rings (SSSR count). The summed E-state index contributed by atoms with van der Waals surface area (Å²) in [6.07, 6.45) is 0.0531. The van der Waals surface area contributed by atoms with Crippen LogP contribution in [0.2, 0.25) is 0 Å². The Hall–Kier alpha value is -3.49. The zero-order chi connectivity index (χ0) is 23.0. The summed E-state index contributed by atoms with van der Waals surface area (Å²) >= 11 is 3.03. The van der Waals surface area contributed by atoms with E-state index in [-0.39, 0.29) is 25.5 Å². The van der Waals surface area contributed by atoms with Crippen LogP contribution in [0.3, 0.4) is 0 Å². The van der Waals surface area contributed by atoms with Crippen molar-refractivity contribution in [2.24, 2.45) is 0 Å². The van der Waals surface area contributed by atoms with E-state index in [9.17, 15) is 9.59 Å². The van der Waals surface area contributed by atoms with Crippen molar-refractivity contribution in [3.63, 3.8) is 0 Å². The van der Waals surface area contributed by atoms with Crippen LogP contribution in [0.15, 0.2) is 72.1 Å². The van der Waals surface area contributed by atoms with Crippen LogP contribution in [-0.4, -0.2) is 30.6 Å². The SMILES string of the molecule is COc1ccccc1CNC(=O)COC(=O)Cc1sc(-c2ccccc2)nc1-c1cccs1. The number of aromatic nitrogens is 1. The summed E-state index contributed by atoms with van der Waals surface area (Å²) in [5.74, 6) is -0.152. The van der Waals surface area contributed by atoms with Gasteiger partial charge in [0.05, 0.1) is 24.1 Å². The molecule has 1 amide bonds. The molecule has 33 heavy (non-hydrogen) atoms. The maximum Gasteiger partial charge on any atom is 0.311 e. The van der Waals surface area contributed by atoms with Crippen LogP contribution < -0.4 is 10.1 Å². The first-order chi connectivity index (χ1) is 16.1. The smallest absolute Gasteiger partial charge is 0.311 e. The Kier molecular flexibility index (Phi) is 7.49. The quantitative estimate of drug-likeness (QED) is 0.345. The predicted octanol–water partition coefficient (Wildman–Crippen LogP) is 4.95. The minimum absolute atomic E-state index is 0.0531. The van der Waals surface area contributed by atoms with E-state index in [4.69, 9.17) is 14.5 Å². The van der Waals surface area contributed by atoms with Gasteiger partial charge in [-0.25, -0.2) is 4.98 Å². The van der Waals surface area contributed by atoms with Crippen LogP contribution in [0.25, 0.3) is 21.1 Å². The van der Waals surface area contributed by atoms with Crippen molar-refractivity contribution in [3.05, 3.63) is 82.6 Å². The normalized spacial score (nSPS) is 10.6. The number of carbonyl (C=O) groups is 2. The molecule has 1 N–H and O–H groups in total. The van der Waals surface area contributed by atoms with Gasteiger partial charge in [-0.3, -0.25) is 9.59 Å². The molecular formula is C25H22N2O4S2. The number of hydrogen-bond donors (Lipinski definition) is 1. The lowest BCUT2D eigenvalue weighted by molar-refractivity contribution is -0.147. The number of benzene rings is 2. The Morgan fingerprint density at radius 1 is 1.00 bits per heavy atom. The molecule has 4 aromatic rings. The van der Waals surface area contributed by atoms with Gasteiger partial charge in [0, 0.05) is 22.5 Å². The number of carbonyl (C=O) groups excluding carboxylic acids is 2. The molecule has 0 radical (unpaired) electrons. The average Bonchev–Trinajstić information content (AvgIpc) is 3.52. The number of amides is 1. The Labute approximate surface area is 199 Å². The van der Waals surface area contributed by atoms with Gasteiger partial charge in [0.25, 0.3) is 5.91 Å². The molecule has 8 heteroatoms. The summed E-state index contributed by atoms with van der Waals surface area (Å²) in [5, 5.41) is 5.57. The van der Waals surface area contributed by atoms with Gasteiger partial charge in [0.2, 0.25) is 0 Å². The molecule has 6 nitrogen and oxygen atoms in total. The zero-order valence-corrected chi connectivity index (χ0v) is 19.6. The molecule has 168 valence electrons. The highest BCUT2D eigenvalue weighted by Gasteiger charge is 2.19. The van der Waals surface area contributed by atoms with E-state index >= 15 is 0 Å². The van der Waals surface area contributed by atoms with Crippen molar-refractivity contribution >= 4 is 34.6 Å². The van der Waals surface area contributed by atoms with Crippen LogP contribution in [0, 0.1) is 0 Å². The number of nitrogens with one attached hydrogen (secondary N) is 1. The number of methoxy groups -OCH3 is 1. The highest BCUT2D eigenvalue weighted by molar-refractivity contribution is 7.17. The number of esters is 1.